The van der Waals surface area contributed by atoms with Gasteiger partial charge in [-0.3, -0.25) is 4.57 Å². The summed E-state index contributed by atoms with van der Waals surface area (Å²) in [4.78, 5) is 9.39. The molecule has 0 fully saturated rings. The largest absolute Gasteiger partial charge is 0.457 e. The number of aromatic nitrogens is 2. The van der Waals surface area contributed by atoms with Crippen LogP contribution in [0.5, 0.6) is 11.5 Å². The average molecular weight is 826 g/mol. The predicted molar refractivity (Wildman–Crippen MR) is 265 cm³/mol. The van der Waals surface area contributed by atoms with Crippen molar-refractivity contribution in [1.29, 1.82) is 0 Å². The first-order valence-corrected chi connectivity index (χ1v) is 22.3. The number of pyridine rings is 1. The molecule has 62 heavy (non-hydrogen) atoms. The van der Waals surface area contributed by atoms with Crippen LogP contribution in [0.25, 0.3) is 38.8 Å². The Labute approximate surface area is 375 Å². The first kappa shape index (κ1) is 39.1. The topological polar surface area (TPSA) is 33.5 Å². The van der Waals surface area contributed by atoms with E-state index in [0.29, 0.717) is 30.1 Å². The summed E-state index contributed by atoms with van der Waals surface area (Å²) in [6.07, 6.45) is 5.96. The molecule has 0 unspecified atom stereocenters. The lowest BCUT2D eigenvalue weighted by Gasteiger charge is -2.29. The highest BCUT2D eigenvalue weighted by molar-refractivity contribution is 6.09. The SMILES string of the molecule is [2H]C([2H])([2H])c1ccnc(-n2c3ccc(C(C)(C)C)cc3c3ccc(Oc4cc(-c5c(C(C)C)cccc5C(C)C)cc(N5C=CN(c6cc(C(C)(C)C)cc(C(C)(C)C)c6)C5)c4)cc32)c1. The fourth-order valence-corrected chi connectivity index (χ4v) is 8.69. The fourth-order valence-electron chi connectivity index (χ4n) is 8.69. The molecule has 7 aromatic rings. The highest BCUT2D eigenvalue weighted by atomic mass is 16.5. The molecule has 0 saturated heterocycles. The van der Waals surface area contributed by atoms with Gasteiger partial charge in [0.2, 0.25) is 0 Å². The Morgan fingerprint density at radius 1 is 0.581 bits per heavy atom. The lowest BCUT2D eigenvalue weighted by molar-refractivity contribution is 0.483. The Morgan fingerprint density at radius 2 is 1.21 bits per heavy atom. The molecule has 5 aromatic carbocycles. The fraction of sp³-hybridized carbons (Fsp3) is 0.351. The van der Waals surface area contributed by atoms with Gasteiger partial charge in [-0.1, -0.05) is 120 Å². The second-order valence-electron chi connectivity index (χ2n) is 21.0. The van der Waals surface area contributed by atoms with Gasteiger partial charge in [0.05, 0.1) is 17.7 Å². The highest BCUT2D eigenvalue weighted by Crippen LogP contribution is 2.43. The van der Waals surface area contributed by atoms with E-state index in [-0.39, 0.29) is 21.8 Å². The van der Waals surface area contributed by atoms with Crippen LogP contribution in [-0.2, 0) is 16.2 Å². The Kier molecular flexibility index (Phi) is 9.97. The number of fused-ring (bicyclic) bond motifs is 3. The van der Waals surface area contributed by atoms with E-state index in [1.54, 1.807) is 18.3 Å². The summed E-state index contributed by atoms with van der Waals surface area (Å²) >= 11 is 0. The Hall–Kier alpha value is -5.81. The minimum Gasteiger partial charge on any atom is -0.457 e. The molecule has 3 heterocycles. The molecule has 0 amide bonds. The summed E-state index contributed by atoms with van der Waals surface area (Å²) in [6, 6.07) is 36.5. The standard InChI is InChI=1S/C57H66N4O/c1-36(2)47-16-15-17-48(37(3)4)54(47)39-27-43(59-24-25-60(35-59)44-30-41(56(9,10)11)29-42(31-44)57(12,13)14)33-46(28-39)62-45-19-20-49-50-32-40(55(6,7)8)18-21-51(50)61(52(49)34-45)53-26-38(5)22-23-58-53/h15-34,36-37H,35H2,1-14H3/i5D3. The van der Waals surface area contributed by atoms with Crippen LogP contribution in [0.1, 0.15) is 139 Å². The van der Waals surface area contributed by atoms with Crippen molar-refractivity contribution in [1.82, 2.24) is 9.55 Å². The quantitative estimate of drug-likeness (QED) is 0.153. The number of hydrogen-bond donors (Lipinski definition) is 0. The minimum absolute atomic E-state index is 0.00265. The Morgan fingerprint density at radius 3 is 1.81 bits per heavy atom. The van der Waals surface area contributed by atoms with Crippen LogP contribution in [0.2, 0.25) is 0 Å². The number of anilines is 2. The van der Waals surface area contributed by atoms with E-state index in [9.17, 15) is 0 Å². The van der Waals surface area contributed by atoms with Crippen molar-refractivity contribution in [2.24, 2.45) is 0 Å². The van der Waals surface area contributed by atoms with E-state index < -0.39 is 6.85 Å². The van der Waals surface area contributed by atoms with Crippen LogP contribution in [0, 0.1) is 6.85 Å². The van der Waals surface area contributed by atoms with Crippen molar-refractivity contribution in [2.45, 2.75) is 125 Å². The van der Waals surface area contributed by atoms with Crippen LogP contribution >= 0.6 is 0 Å². The first-order valence-electron chi connectivity index (χ1n) is 23.8. The number of rotatable bonds is 8. The van der Waals surface area contributed by atoms with Gasteiger partial charge in [0, 0.05) is 57.0 Å². The summed E-state index contributed by atoms with van der Waals surface area (Å²) in [7, 11) is 0. The third kappa shape index (κ3) is 8.39. The Bertz CT molecular complexity index is 2890. The molecular formula is C57H66N4O. The zero-order valence-corrected chi connectivity index (χ0v) is 39.1. The van der Waals surface area contributed by atoms with Crippen molar-refractivity contribution in [2.75, 3.05) is 16.5 Å². The van der Waals surface area contributed by atoms with Gasteiger partial charge in [0.15, 0.2) is 0 Å². The van der Waals surface area contributed by atoms with E-state index in [4.69, 9.17) is 13.8 Å². The van der Waals surface area contributed by atoms with Gasteiger partial charge in [-0.25, -0.2) is 4.98 Å². The molecule has 0 atom stereocenters. The van der Waals surface area contributed by atoms with Gasteiger partial charge in [-0.15, -0.1) is 0 Å². The van der Waals surface area contributed by atoms with Crippen LogP contribution in [-0.4, -0.2) is 16.2 Å². The van der Waals surface area contributed by atoms with Crippen molar-refractivity contribution >= 4 is 33.2 Å². The van der Waals surface area contributed by atoms with Crippen molar-refractivity contribution in [3.05, 3.63) is 155 Å². The van der Waals surface area contributed by atoms with E-state index in [1.165, 1.54) is 39.1 Å². The maximum Gasteiger partial charge on any atom is 0.137 e. The van der Waals surface area contributed by atoms with Crippen molar-refractivity contribution in [3.63, 3.8) is 0 Å². The molecule has 0 radical (unpaired) electrons. The van der Waals surface area contributed by atoms with Crippen LogP contribution in [0.3, 0.4) is 0 Å². The average Bonchev–Trinajstić information content (AvgIpc) is 3.85. The Balaban J connectivity index is 1.27. The molecule has 0 spiro atoms. The molecular weight excluding hydrogens is 757 g/mol. The molecule has 5 heteroatoms. The van der Waals surface area contributed by atoms with Gasteiger partial charge in [0.25, 0.3) is 0 Å². The van der Waals surface area contributed by atoms with E-state index in [2.05, 4.69) is 202 Å². The third-order valence-electron chi connectivity index (χ3n) is 12.4. The summed E-state index contributed by atoms with van der Waals surface area (Å²) in [6.45, 7) is 27.8. The molecule has 1 aliphatic rings. The number of nitrogens with zero attached hydrogens (tertiary/aromatic N) is 4. The zero-order chi connectivity index (χ0) is 47.0. The van der Waals surface area contributed by atoms with Gasteiger partial charge in [0.1, 0.15) is 17.3 Å². The summed E-state index contributed by atoms with van der Waals surface area (Å²) in [5, 5.41) is 2.11. The van der Waals surface area contributed by atoms with Gasteiger partial charge >= 0.3 is 0 Å². The lowest BCUT2D eigenvalue weighted by Crippen LogP contribution is -2.26. The maximum absolute atomic E-state index is 8.19. The third-order valence-corrected chi connectivity index (χ3v) is 12.4. The number of hydrogen-bond acceptors (Lipinski definition) is 4. The summed E-state index contributed by atoms with van der Waals surface area (Å²) < 4.78 is 33.7. The molecule has 0 bridgehead atoms. The van der Waals surface area contributed by atoms with Gasteiger partial charge in [-0.2, -0.15) is 0 Å². The van der Waals surface area contributed by atoms with Crippen LogP contribution < -0.4 is 14.5 Å². The molecule has 0 saturated carbocycles. The van der Waals surface area contributed by atoms with Crippen LogP contribution in [0.15, 0.2) is 122 Å². The lowest BCUT2D eigenvalue weighted by atomic mass is 9.80. The number of ether oxygens (including phenoxy) is 1. The maximum atomic E-state index is 8.19. The molecule has 1 aliphatic heterocycles. The number of aryl methyl sites for hydroxylation is 1. The summed E-state index contributed by atoms with van der Waals surface area (Å²) in [5.74, 6) is 2.56. The molecule has 320 valence electrons. The van der Waals surface area contributed by atoms with Crippen molar-refractivity contribution < 1.29 is 8.85 Å². The van der Waals surface area contributed by atoms with E-state index in [0.717, 1.165) is 38.8 Å². The van der Waals surface area contributed by atoms with Crippen LogP contribution in [0.4, 0.5) is 11.4 Å². The zero-order valence-electron chi connectivity index (χ0n) is 42.1. The van der Waals surface area contributed by atoms with Gasteiger partial charge < -0.3 is 14.5 Å². The monoisotopic (exact) mass is 826 g/mol. The summed E-state index contributed by atoms with van der Waals surface area (Å²) in [5.41, 5.74) is 13.1. The van der Waals surface area contributed by atoms with E-state index >= 15 is 0 Å². The van der Waals surface area contributed by atoms with Gasteiger partial charge in [-0.05, 0) is 140 Å². The first-order chi connectivity index (χ1) is 30.4. The normalized spacial score (nSPS) is 14.7. The predicted octanol–water partition coefficient (Wildman–Crippen LogP) is 15.8. The smallest absolute Gasteiger partial charge is 0.137 e. The molecule has 0 N–H and O–H groups in total. The molecule has 0 aliphatic carbocycles. The number of benzene rings is 5. The highest BCUT2D eigenvalue weighted by Gasteiger charge is 2.26. The molecule has 5 nitrogen and oxygen atoms in total. The minimum atomic E-state index is -2.27. The van der Waals surface area contributed by atoms with E-state index in [1.807, 2.05) is 6.07 Å². The molecule has 2 aromatic heterocycles. The van der Waals surface area contributed by atoms with Crippen molar-refractivity contribution in [3.8, 4) is 28.4 Å². The molecule has 8 rings (SSSR count). The second-order valence-corrected chi connectivity index (χ2v) is 21.0. The second kappa shape index (κ2) is 15.8.